The van der Waals surface area contributed by atoms with Gasteiger partial charge >= 0.3 is 0 Å². The minimum atomic E-state index is -3.04. The summed E-state index contributed by atoms with van der Waals surface area (Å²) in [6.07, 6.45) is 2.19. The molecule has 1 fully saturated rings. The van der Waals surface area contributed by atoms with Gasteiger partial charge in [0.15, 0.2) is 20.8 Å². The summed E-state index contributed by atoms with van der Waals surface area (Å²) in [5.41, 5.74) is 0.300. The number of sulfone groups is 1. The van der Waals surface area contributed by atoms with E-state index in [1.165, 1.54) is 30.0 Å². The number of ketones is 1. The molecule has 2 aromatic rings. The van der Waals surface area contributed by atoms with E-state index in [0.29, 0.717) is 29.5 Å². The molecule has 0 saturated carbocycles. The number of nitrogens with zero attached hydrogens (tertiary/aromatic N) is 3. The number of carbonyl (C=O) groups excluding carboxylic acids is 1. The van der Waals surface area contributed by atoms with E-state index in [-0.39, 0.29) is 29.0 Å². The number of carbonyl (C=O) groups is 1. The molecule has 0 amide bonds. The second kappa shape index (κ2) is 7.71. The van der Waals surface area contributed by atoms with Crippen LogP contribution in [0.25, 0.3) is 0 Å². The molecule has 0 aliphatic carbocycles. The van der Waals surface area contributed by atoms with E-state index in [4.69, 9.17) is 0 Å². The highest BCUT2D eigenvalue weighted by molar-refractivity contribution is 7.99. The van der Waals surface area contributed by atoms with Gasteiger partial charge in [-0.1, -0.05) is 30.0 Å². The lowest BCUT2D eigenvalue weighted by atomic mass is 10.1. The molecule has 3 rings (SSSR count). The Labute approximate surface area is 155 Å². The summed E-state index contributed by atoms with van der Waals surface area (Å²) in [6, 6.07) is 5.54. The lowest BCUT2D eigenvalue weighted by molar-refractivity contribution is 0.102. The molecule has 138 valence electrons. The molecule has 0 bridgehead atoms. The van der Waals surface area contributed by atoms with Crippen LogP contribution < -0.4 is 0 Å². The van der Waals surface area contributed by atoms with Crippen LogP contribution >= 0.6 is 11.8 Å². The summed E-state index contributed by atoms with van der Waals surface area (Å²) in [5.74, 6) is 0.0381. The zero-order valence-corrected chi connectivity index (χ0v) is 15.6. The smallest absolute Gasteiger partial charge is 0.191 e. The van der Waals surface area contributed by atoms with Gasteiger partial charge in [-0.2, -0.15) is 0 Å². The highest BCUT2D eigenvalue weighted by Crippen LogP contribution is 2.30. The van der Waals surface area contributed by atoms with Gasteiger partial charge in [-0.05, 0) is 18.6 Å². The van der Waals surface area contributed by atoms with Crippen LogP contribution in [0.2, 0.25) is 0 Å². The molecule has 2 heterocycles. The minimum Gasteiger partial charge on any atom is -0.302 e. The molecule has 0 unspecified atom stereocenters. The molecule has 9 heteroatoms. The summed E-state index contributed by atoms with van der Waals surface area (Å²) in [4.78, 5) is 12.2. The zero-order valence-electron chi connectivity index (χ0n) is 14.0. The van der Waals surface area contributed by atoms with Crippen molar-refractivity contribution in [1.29, 1.82) is 0 Å². The summed E-state index contributed by atoms with van der Waals surface area (Å²) in [5, 5.41) is 8.80. The van der Waals surface area contributed by atoms with Crippen LogP contribution in [0.5, 0.6) is 0 Å². The Hall–Kier alpha value is -2.00. The molecule has 1 saturated heterocycles. The fraction of sp³-hybridized carbons (Fsp3) is 0.353. The molecule has 26 heavy (non-hydrogen) atoms. The molecule has 0 radical (unpaired) electrons. The van der Waals surface area contributed by atoms with Gasteiger partial charge in [-0.3, -0.25) is 4.79 Å². The molecule has 1 aromatic carbocycles. The number of hydrogen-bond acceptors (Lipinski definition) is 6. The van der Waals surface area contributed by atoms with Crippen molar-refractivity contribution < 1.29 is 17.6 Å². The van der Waals surface area contributed by atoms with Crippen molar-refractivity contribution in [2.24, 2.45) is 0 Å². The first kappa shape index (κ1) is 18.8. The number of halogens is 1. The van der Waals surface area contributed by atoms with Gasteiger partial charge in [0, 0.05) is 18.0 Å². The molecule has 1 aliphatic rings. The van der Waals surface area contributed by atoms with Crippen molar-refractivity contribution in [3.63, 3.8) is 0 Å². The van der Waals surface area contributed by atoms with Crippen LogP contribution in [0.3, 0.4) is 0 Å². The van der Waals surface area contributed by atoms with Crippen LogP contribution in [-0.2, 0) is 16.4 Å². The van der Waals surface area contributed by atoms with Crippen molar-refractivity contribution >= 4 is 27.4 Å². The van der Waals surface area contributed by atoms with Crippen LogP contribution in [0.4, 0.5) is 4.39 Å². The molecular formula is C17H18FN3O3S2. The third-order valence-electron chi connectivity index (χ3n) is 4.13. The molecule has 1 aromatic heterocycles. The quantitative estimate of drug-likeness (QED) is 0.407. The number of rotatable bonds is 7. The largest absolute Gasteiger partial charge is 0.302 e. The number of Topliss-reactive ketones (excluding diaryl/α,β-unsaturated/α-hetero) is 1. The van der Waals surface area contributed by atoms with Crippen molar-refractivity contribution in [3.05, 3.63) is 54.1 Å². The lowest BCUT2D eigenvalue weighted by Crippen LogP contribution is -2.12. The monoisotopic (exact) mass is 395 g/mol. The van der Waals surface area contributed by atoms with E-state index < -0.39 is 15.7 Å². The van der Waals surface area contributed by atoms with Crippen molar-refractivity contribution in [3.8, 4) is 0 Å². The Morgan fingerprint density at radius 2 is 2.23 bits per heavy atom. The van der Waals surface area contributed by atoms with Crippen molar-refractivity contribution in [2.75, 3.05) is 17.3 Å². The van der Waals surface area contributed by atoms with E-state index in [9.17, 15) is 17.6 Å². The maximum Gasteiger partial charge on any atom is 0.191 e. The minimum absolute atomic E-state index is 0.0646. The zero-order chi connectivity index (χ0) is 18.7. The first-order valence-electron chi connectivity index (χ1n) is 8.05. The van der Waals surface area contributed by atoms with Gasteiger partial charge in [-0.15, -0.1) is 16.8 Å². The highest BCUT2D eigenvalue weighted by Gasteiger charge is 2.33. The van der Waals surface area contributed by atoms with Gasteiger partial charge < -0.3 is 4.57 Å². The average Bonchev–Trinajstić information content (AvgIpc) is 3.16. The Balaban J connectivity index is 1.76. The number of aromatic nitrogens is 3. The second-order valence-corrected chi connectivity index (χ2v) is 9.23. The fourth-order valence-electron chi connectivity index (χ4n) is 2.88. The number of allylic oxidation sites excluding steroid dienone is 1. The van der Waals surface area contributed by atoms with E-state index >= 15 is 0 Å². The van der Waals surface area contributed by atoms with Gasteiger partial charge in [0.25, 0.3) is 0 Å². The third-order valence-corrected chi connectivity index (χ3v) is 6.87. The van der Waals surface area contributed by atoms with Gasteiger partial charge in [0.05, 0.1) is 17.3 Å². The SMILES string of the molecule is C=CCn1c(SCC(=O)c2cccc(F)c2)nnc1[C@@H]1CCS(=O)(=O)C1. The van der Waals surface area contributed by atoms with Gasteiger partial charge in [-0.25, -0.2) is 12.8 Å². The first-order chi connectivity index (χ1) is 12.4. The Kier molecular flexibility index (Phi) is 5.57. The standard InChI is InChI=1S/C17H18FN3O3S2/c1-2-7-21-16(13-6-8-26(23,24)11-13)19-20-17(21)25-10-15(22)12-4-3-5-14(18)9-12/h2-5,9,13H,1,6-8,10-11H2/t13-/m1/s1. The van der Waals surface area contributed by atoms with Gasteiger partial charge in [0.2, 0.25) is 0 Å². The lowest BCUT2D eigenvalue weighted by Gasteiger charge is -2.11. The molecule has 6 nitrogen and oxygen atoms in total. The van der Waals surface area contributed by atoms with E-state index in [2.05, 4.69) is 16.8 Å². The third kappa shape index (κ3) is 4.21. The van der Waals surface area contributed by atoms with E-state index in [0.717, 1.165) is 0 Å². The fourth-order valence-corrected chi connectivity index (χ4v) is 5.47. The predicted molar refractivity (Wildman–Crippen MR) is 97.7 cm³/mol. The number of benzene rings is 1. The molecule has 0 spiro atoms. The van der Waals surface area contributed by atoms with E-state index in [1.54, 1.807) is 16.7 Å². The highest BCUT2D eigenvalue weighted by atomic mass is 32.2. The number of hydrogen-bond donors (Lipinski definition) is 0. The van der Waals surface area contributed by atoms with Crippen molar-refractivity contribution in [2.45, 2.75) is 24.0 Å². The molecule has 1 aliphatic heterocycles. The van der Waals surface area contributed by atoms with Crippen LogP contribution in [0.1, 0.15) is 28.5 Å². The Morgan fingerprint density at radius 1 is 1.42 bits per heavy atom. The van der Waals surface area contributed by atoms with Crippen LogP contribution in [0.15, 0.2) is 42.1 Å². The predicted octanol–water partition coefficient (Wildman–Crippen LogP) is 2.48. The average molecular weight is 395 g/mol. The molecule has 0 N–H and O–H groups in total. The maximum absolute atomic E-state index is 13.2. The summed E-state index contributed by atoms with van der Waals surface area (Å²) in [7, 11) is -3.04. The molecule has 1 atom stereocenters. The number of thioether (sulfide) groups is 1. The van der Waals surface area contributed by atoms with E-state index in [1.807, 2.05) is 0 Å². The van der Waals surface area contributed by atoms with Gasteiger partial charge in [0.1, 0.15) is 11.6 Å². The summed E-state index contributed by atoms with van der Waals surface area (Å²) in [6.45, 7) is 4.14. The Bertz CT molecular complexity index is 940. The van der Waals surface area contributed by atoms with Crippen LogP contribution in [0, 0.1) is 5.82 Å². The van der Waals surface area contributed by atoms with Crippen molar-refractivity contribution in [1.82, 2.24) is 14.8 Å². The maximum atomic E-state index is 13.2. The topological polar surface area (TPSA) is 81.9 Å². The first-order valence-corrected chi connectivity index (χ1v) is 10.9. The van der Waals surface area contributed by atoms with Crippen LogP contribution in [-0.4, -0.2) is 46.2 Å². The Morgan fingerprint density at radius 3 is 2.88 bits per heavy atom. The second-order valence-electron chi connectivity index (χ2n) is 6.06. The summed E-state index contributed by atoms with van der Waals surface area (Å²) < 4.78 is 38.5. The normalized spacial score (nSPS) is 18.7. The molecular weight excluding hydrogens is 377 g/mol. The summed E-state index contributed by atoms with van der Waals surface area (Å²) >= 11 is 1.20.